The van der Waals surface area contributed by atoms with Crippen LogP contribution in [0.2, 0.25) is 0 Å². The topological polar surface area (TPSA) is 33.1 Å². The molecule has 3 heterocycles. The highest BCUT2D eigenvalue weighted by atomic mass is 79.9. The van der Waals surface area contributed by atoms with Crippen LogP contribution in [-0.2, 0) is 6.42 Å². The predicted octanol–water partition coefficient (Wildman–Crippen LogP) is 3.76. The van der Waals surface area contributed by atoms with Gasteiger partial charge in [0.15, 0.2) is 0 Å². The number of nitrogens with one attached hydrogen (secondary N) is 1. The van der Waals surface area contributed by atoms with Crippen LogP contribution < -0.4 is 5.32 Å². The van der Waals surface area contributed by atoms with Crippen LogP contribution in [0, 0.1) is 0 Å². The molecule has 1 aromatic carbocycles. The van der Waals surface area contributed by atoms with E-state index in [4.69, 9.17) is 5.10 Å². The maximum atomic E-state index is 5.00. The van der Waals surface area contributed by atoms with Gasteiger partial charge in [-0.05, 0) is 57.1 Å². The van der Waals surface area contributed by atoms with Crippen LogP contribution in [0.3, 0.4) is 0 Å². The van der Waals surface area contributed by atoms with Crippen LogP contribution in [-0.4, -0.2) is 34.8 Å². The third-order valence-corrected chi connectivity index (χ3v) is 5.37. The molecular formula is C17H21BrN4. The highest BCUT2D eigenvalue weighted by Crippen LogP contribution is 2.37. The van der Waals surface area contributed by atoms with Gasteiger partial charge in [0.1, 0.15) is 5.82 Å². The van der Waals surface area contributed by atoms with E-state index in [2.05, 4.69) is 62.1 Å². The number of hydrogen-bond donors (Lipinski definition) is 1. The van der Waals surface area contributed by atoms with Gasteiger partial charge < -0.3 is 5.32 Å². The van der Waals surface area contributed by atoms with Crippen molar-refractivity contribution in [2.24, 2.45) is 0 Å². The zero-order valence-corrected chi connectivity index (χ0v) is 14.4. The molecule has 22 heavy (non-hydrogen) atoms. The zero-order valence-electron chi connectivity index (χ0n) is 12.8. The van der Waals surface area contributed by atoms with Crippen molar-refractivity contribution in [3.63, 3.8) is 0 Å². The van der Waals surface area contributed by atoms with Gasteiger partial charge in [-0.3, -0.25) is 4.90 Å². The number of fused-ring (bicyclic) bond motifs is 1. The molecule has 5 heteroatoms. The molecule has 1 atom stereocenters. The summed E-state index contributed by atoms with van der Waals surface area (Å²) in [6.07, 6.45) is 4.93. The number of anilines is 1. The summed E-state index contributed by atoms with van der Waals surface area (Å²) in [6.45, 7) is 2.20. The highest BCUT2D eigenvalue weighted by Gasteiger charge is 2.31. The van der Waals surface area contributed by atoms with Crippen LogP contribution in [0.15, 0.2) is 28.7 Å². The second-order valence-electron chi connectivity index (χ2n) is 6.27. The first kappa shape index (κ1) is 14.3. The number of likely N-dealkylation sites (tertiary alicyclic amines) is 1. The first-order chi connectivity index (χ1) is 10.7. The molecule has 2 aromatic rings. The standard InChI is InChI=1S/C17H21BrN4/c1-21-11-3-2-4-15(21)16-14-9-10-19-17(14)22(20-16)13-7-5-12(18)6-8-13/h5-8,15,19H,2-4,9-11H2,1H3. The van der Waals surface area contributed by atoms with Crippen LogP contribution in [0.25, 0.3) is 5.69 Å². The van der Waals surface area contributed by atoms with Crippen molar-refractivity contribution >= 4 is 21.7 Å². The Bertz CT molecular complexity index is 677. The fourth-order valence-electron chi connectivity index (χ4n) is 3.66. The molecule has 4 rings (SSSR count). The summed E-state index contributed by atoms with van der Waals surface area (Å²) in [5.41, 5.74) is 3.82. The lowest BCUT2D eigenvalue weighted by molar-refractivity contribution is 0.182. The smallest absolute Gasteiger partial charge is 0.133 e. The van der Waals surface area contributed by atoms with Gasteiger partial charge in [-0.15, -0.1) is 0 Å². The fourth-order valence-corrected chi connectivity index (χ4v) is 3.92. The minimum absolute atomic E-state index is 0.471. The summed E-state index contributed by atoms with van der Waals surface area (Å²) >= 11 is 3.50. The first-order valence-corrected chi connectivity index (χ1v) is 8.85. The Labute approximate surface area is 139 Å². The molecule has 4 nitrogen and oxygen atoms in total. The van der Waals surface area contributed by atoms with E-state index < -0.39 is 0 Å². The average Bonchev–Trinajstić information content (AvgIpc) is 3.11. The molecule has 0 radical (unpaired) electrons. The number of piperidine rings is 1. The Balaban J connectivity index is 1.78. The molecule has 116 valence electrons. The number of aromatic nitrogens is 2. The molecule has 0 bridgehead atoms. The van der Waals surface area contributed by atoms with E-state index >= 15 is 0 Å². The van der Waals surface area contributed by atoms with E-state index in [0.717, 1.165) is 23.1 Å². The summed E-state index contributed by atoms with van der Waals surface area (Å²) in [5, 5.41) is 8.53. The molecule has 1 aromatic heterocycles. The van der Waals surface area contributed by atoms with Crippen LogP contribution in [0.4, 0.5) is 5.82 Å². The molecule has 1 unspecified atom stereocenters. The molecule has 2 aliphatic heterocycles. The minimum Gasteiger partial charge on any atom is -0.369 e. The average molecular weight is 361 g/mol. The van der Waals surface area contributed by atoms with Gasteiger partial charge in [0.05, 0.1) is 17.4 Å². The SMILES string of the molecule is CN1CCCCC1c1nn(-c2ccc(Br)cc2)c2c1CCN2. The number of nitrogens with zero attached hydrogens (tertiary/aromatic N) is 3. The number of benzene rings is 1. The summed E-state index contributed by atoms with van der Waals surface area (Å²) < 4.78 is 3.19. The summed E-state index contributed by atoms with van der Waals surface area (Å²) in [6, 6.07) is 8.85. The van der Waals surface area contributed by atoms with Crippen molar-refractivity contribution in [2.75, 3.05) is 25.5 Å². The maximum absolute atomic E-state index is 5.00. The van der Waals surface area contributed by atoms with E-state index in [9.17, 15) is 0 Å². The second kappa shape index (κ2) is 5.70. The number of hydrogen-bond acceptors (Lipinski definition) is 3. The molecule has 1 N–H and O–H groups in total. The van der Waals surface area contributed by atoms with Crippen molar-refractivity contribution in [1.29, 1.82) is 0 Å². The molecule has 0 saturated carbocycles. The summed E-state index contributed by atoms with van der Waals surface area (Å²) in [4.78, 5) is 2.47. The van der Waals surface area contributed by atoms with Gasteiger partial charge in [0.2, 0.25) is 0 Å². The van der Waals surface area contributed by atoms with Gasteiger partial charge in [0.25, 0.3) is 0 Å². The predicted molar refractivity (Wildman–Crippen MR) is 92.7 cm³/mol. The normalized spacial score (nSPS) is 21.6. The second-order valence-corrected chi connectivity index (χ2v) is 7.19. The van der Waals surface area contributed by atoms with Crippen molar-refractivity contribution in [3.8, 4) is 5.69 Å². The quantitative estimate of drug-likeness (QED) is 0.884. The summed E-state index contributed by atoms with van der Waals surface area (Å²) in [7, 11) is 2.23. The number of halogens is 1. The van der Waals surface area contributed by atoms with E-state index in [0.29, 0.717) is 6.04 Å². The van der Waals surface area contributed by atoms with Crippen molar-refractivity contribution in [2.45, 2.75) is 31.7 Å². The number of rotatable bonds is 2. The molecule has 0 aliphatic carbocycles. The molecule has 0 amide bonds. The molecule has 2 aliphatic rings. The first-order valence-electron chi connectivity index (χ1n) is 8.06. The van der Waals surface area contributed by atoms with E-state index in [1.54, 1.807) is 0 Å². The van der Waals surface area contributed by atoms with Gasteiger partial charge >= 0.3 is 0 Å². The Kier molecular flexibility index (Phi) is 3.70. The van der Waals surface area contributed by atoms with E-state index in [1.807, 2.05) is 0 Å². The van der Waals surface area contributed by atoms with Gasteiger partial charge in [-0.25, -0.2) is 4.68 Å². The lowest BCUT2D eigenvalue weighted by atomic mass is 9.97. The Morgan fingerprint density at radius 2 is 2.05 bits per heavy atom. The fraction of sp³-hybridized carbons (Fsp3) is 0.471. The Hall–Kier alpha value is -1.33. The van der Waals surface area contributed by atoms with Gasteiger partial charge in [0, 0.05) is 16.6 Å². The largest absolute Gasteiger partial charge is 0.369 e. The lowest BCUT2D eigenvalue weighted by Crippen LogP contribution is -2.30. The third-order valence-electron chi connectivity index (χ3n) is 4.84. The molecular weight excluding hydrogens is 340 g/mol. The van der Waals surface area contributed by atoms with Crippen molar-refractivity contribution < 1.29 is 0 Å². The Morgan fingerprint density at radius 3 is 2.82 bits per heavy atom. The minimum atomic E-state index is 0.471. The zero-order chi connectivity index (χ0) is 15.1. The Morgan fingerprint density at radius 1 is 1.23 bits per heavy atom. The van der Waals surface area contributed by atoms with Crippen LogP contribution in [0.5, 0.6) is 0 Å². The van der Waals surface area contributed by atoms with E-state index in [1.165, 1.54) is 42.9 Å². The van der Waals surface area contributed by atoms with Crippen LogP contribution in [0.1, 0.15) is 36.6 Å². The summed E-state index contributed by atoms with van der Waals surface area (Å²) in [5.74, 6) is 1.19. The molecule has 0 spiro atoms. The lowest BCUT2D eigenvalue weighted by Gasteiger charge is -2.31. The molecule has 1 saturated heterocycles. The maximum Gasteiger partial charge on any atom is 0.133 e. The molecule has 1 fully saturated rings. The van der Waals surface area contributed by atoms with Gasteiger partial charge in [-0.2, -0.15) is 5.10 Å². The third kappa shape index (κ3) is 2.36. The van der Waals surface area contributed by atoms with E-state index in [-0.39, 0.29) is 0 Å². The van der Waals surface area contributed by atoms with Crippen molar-refractivity contribution in [3.05, 3.63) is 40.0 Å². The van der Waals surface area contributed by atoms with Crippen molar-refractivity contribution in [1.82, 2.24) is 14.7 Å². The van der Waals surface area contributed by atoms with Crippen LogP contribution >= 0.6 is 15.9 Å². The monoisotopic (exact) mass is 360 g/mol. The highest BCUT2D eigenvalue weighted by molar-refractivity contribution is 9.10. The van der Waals surface area contributed by atoms with Gasteiger partial charge in [-0.1, -0.05) is 22.4 Å².